The average molecular weight is 423 g/mol. The number of fused-ring (bicyclic) bond motifs is 3. The summed E-state index contributed by atoms with van der Waals surface area (Å²) in [6.07, 6.45) is 2.82. The number of aromatic nitrogens is 1. The largest absolute Gasteiger partial charge is 0.492 e. The smallest absolute Gasteiger partial charge is 0.235 e. The lowest BCUT2D eigenvalue weighted by Gasteiger charge is -2.23. The van der Waals surface area contributed by atoms with Gasteiger partial charge in [-0.15, -0.1) is 0 Å². The Kier molecular flexibility index (Phi) is 5.57. The van der Waals surface area contributed by atoms with Crippen molar-refractivity contribution in [2.24, 2.45) is 0 Å². The number of rotatable bonds is 6. The highest BCUT2D eigenvalue weighted by Crippen LogP contribution is 2.36. The molecule has 2 saturated heterocycles. The third kappa shape index (κ3) is 4.13. The monoisotopic (exact) mass is 423 g/mol. The Morgan fingerprint density at radius 3 is 2.84 bits per heavy atom. The summed E-state index contributed by atoms with van der Waals surface area (Å²) >= 11 is 0. The van der Waals surface area contributed by atoms with E-state index in [9.17, 15) is 9.59 Å². The van der Waals surface area contributed by atoms with Crippen molar-refractivity contribution < 1.29 is 23.6 Å². The van der Waals surface area contributed by atoms with Gasteiger partial charge in [0, 0.05) is 32.2 Å². The van der Waals surface area contributed by atoms with Crippen LogP contribution in [-0.2, 0) is 14.3 Å². The quantitative estimate of drug-likeness (QED) is 0.464. The summed E-state index contributed by atoms with van der Waals surface area (Å²) in [5, 5.41) is 12.8. The average Bonchev–Trinajstić information content (AvgIpc) is 3.21. The highest BCUT2D eigenvalue weighted by atomic mass is 16.5. The van der Waals surface area contributed by atoms with E-state index in [1.54, 1.807) is 0 Å². The molecule has 0 bridgehead atoms. The SMILES string of the molecule is O=C1CC[C@H](c2noc3ccc4cc(OCCNC5CCOCC5)ccc4c23)C(=O)N1. The normalized spacial score (nSPS) is 20.3. The zero-order valence-electron chi connectivity index (χ0n) is 17.2. The minimum absolute atomic E-state index is 0.244. The first-order valence-electron chi connectivity index (χ1n) is 10.8. The fraction of sp³-hybridized carbons (Fsp3) is 0.435. The second-order valence-electron chi connectivity index (χ2n) is 8.08. The number of amides is 2. The van der Waals surface area contributed by atoms with E-state index in [4.69, 9.17) is 14.0 Å². The van der Waals surface area contributed by atoms with Crippen molar-refractivity contribution in [3.8, 4) is 5.75 Å². The molecule has 2 aromatic carbocycles. The molecule has 0 aliphatic carbocycles. The van der Waals surface area contributed by atoms with Crippen LogP contribution in [0.3, 0.4) is 0 Å². The van der Waals surface area contributed by atoms with Crippen LogP contribution in [0.15, 0.2) is 34.9 Å². The number of benzene rings is 2. The summed E-state index contributed by atoms with van der Waals surface area (Å²) in [5.74, 6) is -0.260. The first-order chi connectivity index (χ1) is 15.2. The fourth-order valence-electron chi connectivity index (χ4n) is 4.39. The Hall–Kier alpha value is -2.97. The predicted octanol–water partition coefficient (Wildman–Crippen LogP) is 2.65. The maximum atomic E-state index is 12.4. The van der Waals surface area contributed by atoms with Gasteiger partial charge in [0.15, 0.2) is 5.58 Å². The topological polar surface area (TPSA) is 103 Å². The van der Waals surface area contributed by atoms with Crippen LogP contribution in [-0.4, -0.2) is 49.4 Å². The lowest BCUT2D eigenvalue weighted by molar-refractivity contribution is -0.134. The molecule has 2 fully saturated rings. The van der Waals surface area contributed by atoms with E-state index in [0.29, 0.717) is 36.8 Å². The minimum atomic E-state index is -0.489. The second-order valence-corrected chi connectivity index (χ2v) is 8.08. The van der Waals surface area contributed by atoms with Crippen molar-refractivity contribution in [2.75, 3.05) is 26.4 Å². The number of hydrogen-bond donors (Lipinski definition) is 2. The number of carbonyl (C=O) groups excluding carboxylic acids is 2. The van der Waals surface area contributed by atoms with Crippen LogP contribution in [0.4, 0.5) is 0 Å². The Balaban J connectivity index is 1.33. The summed E-state index contributed by atoms with van der Waals surface area (Å²) in [5.41, 5.74) is 1.21. The number of nitrogens with zero attached hydrogens (tertiary/aromatic N) is 1. The van der Waals surface area contributed by atoms with Crippen LogP contribution in [0.5, 0.6) is 5.75 Å². The van der Waals surface area contributed by atoms with Gasteiger partial charge in [0.05, 0.1) is 11.3 Å². The van der Waals surface area contributed by atoms with Gasteiger partial charge in [0.25, 0.3) is 0 Å². The molecule has 162 valence electrons. The molecule has 5 rings (SSSR count). The first kappa shape index (κ1) is 20.0. The highest BCUT2D eigenvalue weighted by Gasteiger charge is 2.32. The van der Waals surface area contributed by atoms with E-state index in [1.165, 1.54) is 0 Å². The van der Waals surface area contributed by atoms with Crippen molar-refractivity contribution in [3.63, 3.8) is 0 Å². The molecule has 3 heterocycles. The number of piperidine rings is 1. The molecule has 2 aliphatic rings. The molecule has 31 heavy (non-hydrogen) atoms. The van der Waals surface area contributed by atoms with Gasteiger partial charge in [-0.05, 0) is 54.3 Å². The Morgan fingerprint density at radius 1 is 1.13 bits per heavy atom. The lowest BCUT2D eigenvalue weighted by atomic mass is 9.91. The number of ether oxygens (including phenoxy) is 2. The molecule has 0 saturated carbocycles. The van der Waals surface area contributed by atoms with Crippen molar-refractivity contribution >= 4 is 33.6 Å². The zero-order valence-corrected chi connectivity index (χ0v) is 17.2. The third-order valence-electron chi connectivity index (χ3n) is 6.05. The van der Waals surface area contributed by atoms with Gasteiger partial charge >= 0.3 is 0 Å². The molecular weight excluding hydrogens is 398 g/mol. The molecule has 2 N–H and O–H groups in total. The Morgan fingerprint density at radius 2 is 2.00 bits per heavy atom. The Bertz CT molecular complexity index is 1120. The van der Waals surface area contributed by atoms with E-state index >= 15 is 0 Å². The molecule has 2 aliphatic heterocycles. The first-order valence-corrected chi connectivity index (χ1v) is 10.8. The van der Waals surface area contributed by atoms with E-state index in [0.717, 1.165) is 54.5 Å². The van der Waals surface area contributed by atoms with Crippen LogP contribution in [0.25, 0.3) is 21.7 Å². The van der Waals surface area contributed by atoms with Gasteiger partial charge in [0.2, 0.25) is 11.8 Å². The molecular formula is C23H25N3O5. The molecule has 8 nitrogen and oxygen atoms in total. The van der Waals surface area contributed by atoms with Gasteiger partial charge in [-0.25, -0.2) is 0 Å². The lowest BCUT2D eigenvalue weighted by Crippen LogP contribution is -2.39. The predicted molar refractivity (Wildman–Crippen MR) is 114 cm³/mol. The van der Waals surface area contributed by atoms with Gasteiger partial charge in [-0.1, -0.05) is 11.2 Å². The van der Waals surface area contributed by atoms with Crippen molar-refractivity contribution in [2.45, 2.75) is 37.6 Å². The highest BCUT2D eigenvalue weighted by molar-refractivity contribution is 6.10. The van der Waals surface area contributed by atoms with Crippen LogP contribution >= 0.6 is 0 Å². The van der Waals surface area contributed by atoms with Crippen LogP contribution < -0.4 is 15.4 Å². The molecule has 0 radical (unpaired) electrons. The molecule has 0 unspecified atom stereocenters. The molecule has 3 aromatic rings. The zero-order chi connectivity index (χ0) is 21.2. The van der Waals surface area contributed by atoms with E-state index in [-0.39, 0.29) is 11.8 Å². The summed E-state index contributed by atoms with van der Waals surface area (Å²) in [7, 11) is 0. The third-order valence-corrected chi connectivity index (χ3v) is 6.05. The maximum Gasteiger partial charge on any atom is 0.235 e. The fourth-order valence-corrected chi connectivity index (χ4v) is 4.39. The van der Waals surface area contributed by atoms with E-state index < -0.39 is 5.92 Å². The van der Waals surface area contributed by atoms with Crippen LogP contribution in [0.2, 0.25) is 0 Å². The molecule has 2 amide bonds. The van der Waals surface area contributed by atoms with Gasteiger partial charge < -0.3 is 19.3 Å². The van der Waals surface area contributed by atoms with Crippen LogP contribution in [0.1, 0.15) is 37.3 Å². The summed E-state index contributed by atoms with van der Waals surface area (Å²) in [6.45, 7) is 3.01. The minimum Gasteiger partial charge on any atom is -0.492 e. The van der Waals surface area contributed by atoms with Gasteiger partial charge in [-0.2, -0.15) is 0 Å². The molecule has 1 aromatic heterocycles. The van der Waals surface area contributed by atoms with E-state index in [1.807, 2.05) is 30.3 Å². The number of hydrogen-bond acceptors (Lipinski definition) is 7. The van der Waals surface area contributed by atoms with Crippen LogP contribution in [0, 0.1) is 0 Å². The second kappa shape index (κ2) is 8.64. The molecule has 0 spiro atoms. The van der Waals surface area contributed by atoms with Gasteiger partial charge in [-0.3, -0.25) is 14.9 Å². The number of carbonyl (C=O) groups is 2. The molecule has 1 atom stereocenters. The summed E-state index contributed by atoms with van der Waals surface area (Å²) in [4.78, 5) is 23.9. The van der Waals surface area contributed by atoms with Crippen molar-refractivity contribution in [1.82, 2.24) is 15.8 Å². The van der Waals surface area contributed by atoms with Crippen molar-refractivity contribution in [3.05, 3.63) is 36.0 Å². The van der Waals surface area contributed by atoms with Gasteiger partial charge in [0.1, 0.15) is 18.1 Å². The maximum absolute atomic E-state index is 12.4. The summed E-state index contributed by atoms with van der Waals surface area (Å²) < 4.78 is 16.8. The number of imide groups is 1. The number of nitrogens with one attached hydrogen (secondary N) is 2. The van der Waals surface area contributed by atoms with Crippen molar-refractivity contribution in [1.29, 1.82) is 0 Å². The molecule has 8 heteroatoms. The standard InChI is InChI=1S/C23H25N3O5/c27-20-6-4-18(23(28)25-20)22-21-17-3-2-16(13-14(17)1-5-19(21)31-26-22)30-12-9-24-15-7-10-29-11-8-15/h1-3,5,13,15,18,24H,4,6-12H2,(H,25,27,28)/t18-/m1/s1. The summed E-state index contributed by atoms with van der Waals surface area (Å²) in [6, 6.07) is 10.2. The Labute approximate surface area is 179 Å². The van der Waals surface area contributed by atoms with E-state index in [2.05, 4.69) is 15.8 Å².